The summed E-state index contributed by atoms with van der Waals surface area (Å²) in [5, 5.41) is 5.35. The van der Waals surface area contributed by atoms with Crippen molar-refractivity contribution in [2.75, 3.05) is 11.9 Å². The fourth-order valence-corrected chi connectivity index (χ4v) is 3.11. The summed E-state index contributed by atoms with van der Waals surface area (Å²) in [6.45, 7) is 1.71. The number of para-hydroxylation sites is 1. The number of anilines is 1. The summed E-state index contributed by atoms with van der Waals surface area (Å²) < 4.78 is 5.02. The minimum Gasteiger partial charge on any atom is -0.455 e. The van der Waals surface area contributed by atoms with Gasteiger partial charge in [-0.15, -0.1) is 11.3 Å². The van der Waals surface area contributed by atoms with Crippen LogP contribution in [0.4, 0.5) is 5.69 Å². The minimum absolute atomic E-state index is 0.0426. The van der Waals surface area contributed by atoms with E-state index in [2.05, 4.69) is 10.3 Å². The topological polar surface area (TPSA) is 68.3 Å². The Morgan fingerprint density at radius 2 is 1.81 bits per heavy atom. The first-order valence-corrected chi connectivity index (χ1v) is 9.00. The number of nitrogens with one attached hydrogen (secondary N) is 1. The molecule has 0 aliphatic carbocycles. The molecule has 0 saturated heterocycles. The molecule has 0 radical (unpaired) electrons. The molecular formula is C20H18N2O3S. The highest BCUT2D eigenvalue weighted by molar-refractivity contribution is 7.13. The van der Waals surface area contributed by atoms with Crippen molar-refractivity contribution in [3.05, 3.63) is 71.2 Å². The first kappa shape index (κ1) is 17.8. The quantitative estimate of drug-likeness (QED) is 0.673. The molecule has 0 atom stereocenters. The van der Waals surface area contributed by atoms with Crippen molar-refractivity contribution in [1.82, 2.24) is 4.98 Å². The zero-order chi connectivity index (χ0) is 18.4. The maximum atomic E-state index is 11.9. The number of carbonyl (C=O) groups is 2. The maximum Gasteiger partial charge on any atom is 0.312 e. The van der Waals surface area contributed by atoms with Crippen LogP contribution < -0.4 is 5.32 Å². The van der Waals surface area contributed by atoms with E-state index in [1.54, 1.807) is 12.1 Å². The molecule has 1 aromatic heterocycles. The fourth-order valence-electron chi connectivity index (χ4n) is 2.28. The van der Waals surface area contributed by atoms with Crippen molar-refractivity contribution in [2.45, 2.75) is 13.3 Å². The molecule has 1 amide bonds. The van der Waals surface area contributed by atoms with Gasteiger partial charge in [0.25, 0.3) is 5.91 Å². The maximum absolute atomic E-state index is 11.9. The summed E-state index contributed by atoms with van der Waals surface area (Å²) in [7, 11) is 0. The van der Waals surface area contributed by atoms with Gasteiger partial charge in [-0.3, -0.25) is 9.59 Å². The van der Waals surface area contributed by atoms with Crippen LogP contribution in [0, 0.1) is 6.92 Å². The number of esters is 1. The zero-order valence-electron chi connectivity index (χ0n) is 14.3. The lowest BCUT2D eigenvalue weighted by atomic mass is 10.2. The lowest BCUT2D eigenvalue weighted by Crippen LogP contribution is -2.21. The molecule has 0 fully saturated rings. The lowest BCUT2D eigenvalue weighted by Gasteiger charge is -2.05. The van der Waals surface area contributed by atoms with E-state index < -0.39 is 5.97 Å². The van der Waals surface area contributed by atoms with Gasteiger partial charge in [-0.05, 0) is 19.1 Å². The number of ether oxygens (including phenoxy) is 1. The Labute approximate surface area is 155 Å². The molecule has 6 heteroatoms. The first-order valence-electron chi connectivity index (χ1n) is 8.12. The molecule has 1 heterocycles. The monoisotopic (exact) mass is 366 g/mol. The second kappa shape index (κ2) is 8.40. The molecule has 0 saturated carbocycles. The summed E-state index contributed by atoms with van der Waals surface area (Å²) in [4.78, 5) is 28.2. The van der Waals surface area contributed by atoms with Crippen LogP contribution in [0.3, 0.4) is 0 Å². The molecule has 0 spiro atoms. The Kier molecular flexibility index (Phi) is 5.76. The van der Waals surface area contributed by atoms with Gasteiger partial charge >= 0.3 is 5.97 Å². The predicted octanol–water partition coefficient (Wildman–Crippen LogP) is 3.84. The molecule has 0 aliphatic rings. The Morgan fingerprint density at radius 3 is 2.54 bits per heavy atom. The van der Waals surface area contributed by atoms with E-state index in [0.717, 1.165) is 10.6 Å². The Morgan fingerprint density at radius 1 is 1.08 bits per heavy atom. The highest BCUT2D eigenvalue weighted by Crippen LogP contribution is 2.24. The molecule has 26 heavy (non-hydrogen) atoms. The van der Waals surface area contributed by atoms with Gasteiger partial charge in [-0.1, -0.05) is 48.0 Å². The van der Waals surface area contributed by atoms with Crippen molar-refractivity contribution >= 4 is 28.9 Å². The Hall–Kier alpha value is -2.99. The average molecular weight is 366 g/mol. The number of rotatable bonds is 6. The van der Waals surface area contributed by atoms with Gasteiger partial charge in [-0.25, -0.2) is 4.98 Å². The summed E-state index contributed by atoms with van der Waals surface area (Å²) in [6, 6.07) is 17.1. The molecule has 3 rings (SSSR count). The molecule has 132 valence electrons. The summed E-state index contributed by atoms with van der Waals surface area (Å²) >= 11 is 1.48. The third-order valence-corrected chi connectivity index (χ3v) is 4.54. The van der Waals surface area contributed by atoms with Crippen molar-refractivity contribution in [3.8, 4) is 10.6 Å². The summed E-state index contributed by atoms with van der Waals surface area (Å²) in [5.74, 6) is -0.850. The van der Waals surface area contributed by atoms with Gasteiger partial charge in [-0.2, -0.15) is 0 Å². The largest absolute Gasteiger partial charge is 0.455 e. The van der Waals surface area contributed by atoms with E-state index >= 15 is 0 Å². The van der Waals surface area contributed by atoms with Gasteiger partial charge in [0, 0.05) is 16.6 Å². The van der Waals surface area contributed by atoms with Crippen LogP contribution in [0.2, 0.25) is 0 Å². The third-order valence-electron chi connectivity index (χ3n) is 3.60. The molecule has 5 nitrogen and oxygen atoms in total. The fraction of sp³-hybridized carbons (Fsp3) is 0.150. The molecule has 3 aromatic rings. The third kappa shape index (κ3) is 5.00. The van der Waals surface area contributed by atoms with Gasteiger partial charge in [0.05, 0.1) is 12.1 Å². The average Bonchev–Trinajstić information content (AvgIpc) is 3.10. The normalized spacial score (nSPS) is 10.3. The van der Waals surface area contributed by atoms with Crippen molar-refractivity contribution in [3.63, 3.8) is 0 Å². The van der Waals surface area contributed by atoms with Crippen molar-refractivity contribution in [2.24, 2.45) is 0 Å². The van der Waals surface area contributed by atoms with Crippen LogP contribution in [-0.2, 0) is 20.7 Å². The van der Waals surface area contributed by atoms with E-state index in [-0.39, 0.29) is 18.9 Å². The van der Waals surface area contributed by atoms with E-state index in [1.807, 2.05) is 54.8 Å². The number of thiazole rings is 1. The van der Waals surface area contributed by atoms with Crippen LogP contribution in [0.25, 0.3) is 10.6 Å². The van der Waals surface area contributed by atoms with E-state index in [1.165, 1.54) is 16.9 Å². The second-order valence-electron chi connectivity index (χ2n) is 5.76. The smallest absolute Gasteiger partial charge is 0.312 e. The summed E-state index contributed by atoms with van der Waals surface area (Å²) in [5.41, 5.74) is 3.50. The minimum atomic E-state index is -0.478. The van der Waals surface area contributed by atoms with Gasteiger partial charge in [0.15, 0.2) is 6.61 Å². The lowest BCUT2D eigenvalue weighted by molar-refractivity contribution is -0.146. The standard InChI is InChI=1S/C20H18N2O3S/c1-14-7-9-15(10-8-14)20-22-17(13-26-20)11-19(24)25-12-18(23)21-16-5-3-2-4-6-16/h2-10,13H,11-12H2,1H3,(H,21,23). The van der Waals surface area contributed by atoms with Crippen LogP contribution in [0.1, 0.15) is 11.3 Å². The number of amides is 1. The number of hydrogen-bond acceptors (Lipinski definition) is 5. The molecule has 0 bridgehead atoms. The van der Waals surface area contributed by atoms with Crippen molar-refractivity contribution in [1.29, 1.82) is 0 Å². The molecule has 0 aliphatic heterocycles. The highest BCUT2D eigenvalue weighted by Gasteiger charge is 2.12. The van der Waals surface area contributed by atoms with Crippen molar-refractivity contribution < 1.29 is 14.3 Å². The van der Waals surface area contributed by atoms with E-state index in [9.17, 15) is 9.59 Å². The number of benzene rings is 2. The number of hydrogen-bond donors (Lipinski definition) is 1. The van der Waals surface area contributed by atoms with Gasteiger partial charge in [0.1, 0.15) is 5.01 Å². The Bertz CT molecular complexity index is 889. The van der Waals surface area contributed by atoms with Crippen LogP contribution in [0.5, 0.6) is 0 Å². The van der Waals surface area contributed by atoms with E-state index in [4.69, 9.17) is 4.74 Å². The number of carbonyl (C=O) groups excluding carboxylic acids is 2. The molecule has 0 unspecified atom stereocenters. The molecular weight excluding hydrogens is 348 g/mol. The Balaban J connectivity index is 1.49. The number of nitrogens with zero attached hydrogens (tertiary/aromatic N) is 1. The molecule has 2 aromatic carbocycles. The van der Waals surface area contributed by atoms with Crippen LogP contribution >= 0.6 is 11.3 Å². The van der Waals surface area contributed by atoms with Crippen LogP contribution in [-0.4, -0.2) is 23.5 Å². The first-order chi connectivity index (χ1) is 12.6. The highest BCUT2D eigenvalue weighted by atomic mass is 32.1. The number of aromatic nitrogens is 1. The predicted molar refractivity (Wildman–Crippen MR) is 102 cm³/mol. The summed E-state index contributed by atoms with van der Waals surface area (Å²) in [6.07, 6.45) is 0.0426. The van der Waals surface area contributed by atoms with E-state index in [0.29, 0.717) is 11.4 Å². The number of aryl methyl sites for hydroxylation is 1. The molecule has 1 N–H and O–H groups in total. The van der Waals surface area contributed by atoms with Gasteiger partial charge in [0.2, 0.25) is 0 Å². The second-order valence-corrected chi connectivity index (χ2v) is 6.62. The zero-order valence-corrected chi connectivity index (χ0v) is 15.1. The van der Waals surface area contributed by atoms with Gasteiger partial charge < -0.3 is 10.1 Å². The van der Waals surface area contributed by atoms with Crippen LogP contribution in [0.15, 0.2) is 60.0 Å². The SMILES string of the molecule is Cc1ccc(-c2nc(CC(=O)OCC(=O)Nc3ccccc3)cs2)cc1.